The van der Waals surface area contributed by atoms with Crippen LogP contribution in [0.5, 0.6) is 11.5 Å². The fourth-order valence-electron chi connectivity index (χ4n) is 3.61. The summed E-state index contributed by atoms with van der Waals surface area (Å²) in [7, 11) is 0. The molecule has 42 heavy (non-hydrogen) atoms. The summed E-state index contributed by atoms with van der Waals surface area (Å²) in [5.74, 6) is -0.229. The first kappa shape index (κ1) is 29.1. The maximum absolute atomic E-state index is 13.2. The minimum atomic E-state index is -0.814. The molecule has 0 radical (unpaired) electrons. The molecule has 0 atom stereocenters. The van der Waals surface area contributed by atoms with Gasteiger partial charge in [0, 0.05) is 12.1 Å². The number of nitro groups is 1. The first-order chi connectivity index (χ1) is 20.4. The molecule has 14 nitrogen and oxygen atoms in total. The van der Waals surface area contributed by atoms with Gasteiger partial charge in [0.1, 0.15) is 11.5 Å². The lowest BCUT2D eigenvalue weighted by atomic mass is 10.2. The highest BCUT2D eigenvalue weighted by molar-refractivity contribution is 6.05. The summed E-state index contributed by atoms with van der Waals surface area (Å²) in [4.78, 5) is 36.7. The van der Waals surface area contributed by atoms with Crippen LogP contribution in [0.15, 0.2) is 83.0 Å². The Bertz CT molecular complexity index is 1600. The molecule has 0 unspecified atom stereocenters. The van der Waals surface area contributed by atoms with E-state index in [2.05, 4.69) is 31.4 Å². The Labute approximate surface area is 239 Å². The van der Waals surface area contributed by atoms with Crippen LogP contribution in [-0.2, 0) is 0 Å². The van der Waals surface area contributed by atoms with Gasteiger partial charge in [-0.2, -0.15) is 10.2 Å². The van der Waals surface area contributed by atoms with Crippen LogP contribution in [-0.4, -0.2) is 57.4 Å². The minimum Gasteiger partial charge on any atom is -0.494 e. The number of carbonyl (C=O) groups is 2. The van der Waals surface area contributed by atoms with E-state index < -0.39 is 16.7 Å². The van der Waals surface area contributed by atoms with Crippen molar-refractivity contribution in [2.24, 2.45) is 10.2 Å². The lowest BCUT2D eigenvalue weighted by molar-refractivity contribution is -0.384. The van der Waals surface area contributed by atoms with Gasteiger partial charge in [-0.1, -0.05) is 5.21 Å². The molecule has 0 aliphatic rings. The lowest BCUT2D eigenvalue weighted by Crippen LogP contribution is -2.27. The number of nitrogens with one attached hydrogen (secondary N) is 2. The summed E-state index contributed by atoms with van der Waals surface area (Å²) in [6, 6.07) is 19.3. The van der Waals surface area contributed by atoms with Crippen molar-refractivity contribution in [2.75, 3.05) is 13.2 Å². The van der Waals surface area contributed by atoms with Crippen molar-refractivity contribution in [3.05, 3.63) is 105 Å². The summed E-state index contributed by atoms with van der Waals surface area (Å²) < 4.78 is 11.9. The Balaban J connectivity index is 1.55. The maximum atomic E-state index is 13.2. The first-order valence-electron chi connectivity index (χ1n) is 12.7. The van der Waals surface area contributed by atoms with Crippen molar-refractivity contribution in [1.29, 1.82) is 0 Å². The summed E-state index contributed by atoms with van der Waals surface area (Å²) >= 11 is 0. The lowest BCUT2D eigenvalue weighted by Gasteiger charge is -2.07. The van der Waals surface area contributed by atoms with Crippen LogP contribution in [0, 0.1) is 10.1 Å². The molecule has 1 aromatic heterocycles. The molecule has 2 N–H and O–H groups in total. The fourth-order valence-corrected chi connectivity index (χ4v) is 3.61. The quantitative estimate of drug-likeness (QED) is 0.148. The number of hydrogen-bond donors (Lipinski definition) is 2. The Hall–Kier alpha value is -5.92. The zero-order valence-electron chi connectivity index (χ0n) is 22.6. The van der Waals surface area contributed by atoms with E-state index in [0.717, 1.165) is 4.68 Å². The molecule has 0 aliphatic carbocycles. The molecule has 14 heteroatoms. The van der Waals surface area contributed by atoms with Gasteiger partial charge in [-0.25, -0.2) is 15.5 Å². The van der Waals surface area contributed by atoms with Gasteiger partial charge in [0.25, 0.3) is 17.5 Å². The number of hydrogen-bond acceptors (Lipinski definition) is 10. The van der Waals surface area contributed by atoms with E-state index in [9.17, 15) is 19.7 Å². The molecule has 4 aromatic rings. The van der Waals surface area contributed by atoms with Crippen molar-refractivity contribution in [3.63, 3.8) is 0 Å². The zero-order valence-corrected chi connectivity index (χ0v) is 22.6. The van der Waals surface area contributed by atoms with Crippen molar-refractivity contribution in [2.45, 2.75) is 13.8 Å². The molecular weight excluding hydrogens is 544 g/mol. The molecule has 0 saturated carbocycles. The van der Waals surface area contributed by atoms with E-state index in [0.29, 0.717) is 35.8 Å². The molecule has 3 aromatic carbocycles. The number of rotatable bonds is 12. The van der Waals surface area contributed by atoms with Crippen LogP contribution in [0.2, 0.25) is 0 Å². The summed E-state index contributed by atoms with van der Waals surface area (Å²) in [6.07, 6.45) is 2.82. The molecule has 1 heterocycles. The van der Waals surface area contributed by atoms with Gasteiger partial charge >= 0.3 is 0 Å². The number of nitro benzene ring substituents is 1. The van der Waals surface area contributed by atoms with Gasteiger partial charge in [-0.15, -0.1) is 5.10 Å². The van der Waals surface area contributed by atoms with Crippen LogP contribution in [0.1, 0.15) is 46.0 Å². The maximum Gasteiger partial charge on any atom is 0.294 e. The number of benzene rings is 3. The summed E-state index contributed by atoms with van der Waals surface area (Å²) in [5.41, 5.74) is 5.56. The molecule has 0 spiro atoms. The predicted octanol–water partition coefficient (Wildman–Crippen LogP) is 3.50. The van der Waals surface area contributed by atoms with Crippen LogP contribution < -0.4 is 20.3 Å². The Kier molecular flexibility index (Phi) is 9.64. The van der Waals surface area contributed by atoms with E-state index >= 15 is 0 Å². The van der Waals surface area contributed by atoms with Gasteiger partial charge in [0.15, 0.2) is 11.4 Å². The topological polar surface area (TPSA) is 175 Å². The molecule has 4 rings (SSSR count). The SMILES string of the molecule is CCOc1ccc(/C=N/NC(=O)c2nnn(-c3ccc([N+](=O)[O-])cc3)c2C(=O)N/N=C/c2ccc(OCC)cc2)cc1. The number of hydrazone groups is 2. The second kappa shape index (κ2) is 13.9. The van der Waals surface area contributed by atoms with Crippen LogP contribution in [0.3, 0.4) is 0 Å². The normalized spacial score (nSPS) is 11.0. The van der Waals surface area contributed by atoms with E-state index in [1.54, 1.807) is 48.5 Å². The highest BCUT2D eigenvalue weighted by Gasteiger charge is 2.26. The largest absolute Gasteiger partial charge is 0.494 e. The average Bonchev–Trinajstić information content (AvgIpc) is 3.45. The Morgan fingerprint density at radius 3 is 1.81 bits per heavy atom. The van der Waals surface area contributed by atoms with Gasteiger partial charge in [-0.05, 0) is 85.6 Å². The molecular formula is C28H26N8O6. The van der Waals surface area contributed by atoms with Crippen molar-refractivity contribution < 1.29 is 24.0 Å². The van der Waals surface area contributed by atoms with Crippen molar-refractivity contribution >= 4 is 29.9 Å². The zero-order chi connectivity index (χ0) is 29.9. The van der Waals surface area contributed by atoms with Crippen molar-refractivity contribution in [1.82, 2.24) is 25.8 Å². The second-order valence-electron chi connectivity index (χ2n) is 8.37. The Morgan fingerprint density at radius 1 is 0.833 bits per heavy atom. The molecule has 214 valence electrons. The van der Waals surface area contributed by atoms with Crippen LogP contribution in [0.25, 0.3) is 5.69 Å². The van der Waals surface area contributed by atoms with Gasteiger partial charge < -0.3 is 9.47 Å². The fraction of sp³-hybridized carbons (Fsp3) is 0.143. The van der Waals surface area contributed by atoms with E-state index in [4.69, 9.17) is 9.47 Å². The van der Waals surface area contributed by atoms with Gasteiger partial charge in [-0.3, -0.25) is 19.7 Å². The van der Waals surface area contributed by atoms with E-state index in [-0.39, 0.29) is 22.8 Å². The molecule has 2 amide bonds. The second-order valence-corrected chi connectivity index (χ2v) is 8.37. The summed E-state index contributed by atoms with van der Waals surface area (Å²) in [5, 5.41) is 26.8. The third kappa shape index (κ3) is 7.38. The van der Waals surface area contributed by atoms with Crippen molar-refractivity contribution in [3.8, 4) is 17.2 Å². The monoisotopic (exact) mass is 570 g/mol. The molecule has 0 aliphatic heterocycles. The van der Waals surface area contributed by atoms with Gasteiger partial charge in [0.2, 0.25) is 0 Å². The van der Waals surface area contributed by atoms with Gasteiger partial charge in [0.05, 0.1) is 36.3 Å². The number of amides is 2. The van der Waals surface area contributed by atoms with Crippen LogP contribution in [0.4, 0.5) is 5.69 Å². The first-order valence-corrected chi connectivity index (χ1v) is 12.7. The Morgan fingerprint density at radius 2 is 1.33 bits per heavy atom. The summed E-state index contributed by atoms with van der Waals surface area (Å²) in [6.45, 7) is 4.82. The highest BCUT2D eigenvalue weighted by atomic mass is 16.6. The number of nitrogens with zero attached hydrogens (tertiary/aromatic N) is 6. The predicted molar refractivity (Wildman–Crippen MR) is 153 cm³/mol. The molecule has 0 saturated heterocycles. The molecule has 0 fully saturated rings. The molecule has 0 bridgehead atoms. The number of aromatic nitrogens is 3. The highest BCUT2D eigenvalue weighted by Crippen LogP contribution is 2.18. The van der Waals surface area contributed by atoms with E-state index in [1.165, 1.54) is 36.7 Å². The smallest absolute Gasteiger partial charge is 0.294 e. The number of non-ortho nitro benzene ring substituents is 1. The third-order valence-corrected chi connectivity index (χ3v) is 5.55. The third-order valence-electron chi connectivity index (χ3n) is 5.55. The number of carbonyl (C=O) groups excluding carboxylic acids is 2. The standard InChI is InChI=1S/C28H26N8O6/c1-3-41-23-13-5-19(6-14-23)17-29-32-27(37)25-26(35(34-31-25)21-9-11-22(12-10-21)36(39)40)28(38)33-30-18-20-7-15-24(16-8-20)42-4-2/h5-18H,3-4H2,1-2H3,(H,32,37)(H,33,38)/b29-17+,30-18+. The van der Waals surface area contributed by atoms with Crippen LogP contribution >= 0.6 is 0 Å². The average molecular weight is 571 g/mol. The number of ether oxygens (including phenoxy) is 2. The minimum absolute atomic E-state index is 0.161. The van der Waals surface area contributed by atoms with E-state index in [1.807, 2.05) is 13.8 Å².